The van der Waals surface area contributed by atoms with Crippen molar-refractivity contribution in [2.45, 2.75) is 19.8 Å². The van der Waals surface area contributed by atoms with Crippen LogP contribution in [0.2, 0.25) is 0 Å². The second-order valence-corrected chi connectivity index (χ2v) is 5.94. The summed E-state index contributed by atoms with van der Waals surface area (Å²) in [6, 6.07) is 12.3. The number of hydrogen-bond donors (Lipinski definition) is 1. The number of anilines is 1. The Labute approximate surface area is 144 Å². The Morgan fingerprint density at radius 1 is 1.16 bits per heavy atom. The van der Waals surface area contributed by atoms with Gasteiger partial charge in [-0.3, -0.25) is 4.79 Å². The number of rotatable bonds is 5. The fourth-order valence-electron chi connectivity index (χ4n) is 2.34. The highest BCUT2D eigenvalue weighted by atomic mass is 16.5. The summed E-state index contributed by atoms with van der Waals surface area (Å²) in [6.45, 7) is 3.84. The maximum absolute atomic E-state index is 12.0. The molecule has 25 heavy (non-hydrogen) atoms. The molecule has 1 N–H and O–H groups in total. The van der Waals surface area contributed by atoms with Crippen molar-refractivity contribution in [3.05, 3.63) is 60.0 Å². The van der Waals surface area contributed by atoms with Crippen LogP contribution in [0, 0.1) is 0 Å². The Hall–Kier alpha value is -3.15. The minimum atomic E-state index is -0.594. The number of nitrogens with zero attached hydrogens (tertiary/aromatic N) is 1. The molecular formula is C19H18N2O4. The number of carbonyl (C=O) groups is 2. The quantitative estimate of drug-likeness (QED) is 0.717. The van der Waals surface area contributed by atoms with Gasteiger partial charge in [-0.1, -0.05) is 26.0 Å². The van der Waals surface area contributed by atoms with E-state index in [1.54, 1.807) is 12.1 Å². The molecule has 0 aliphatic heterocycles. The van der Waals surface area contributed by atoms with Crippen molar-refractivity contribution in [1.82, 2.24) is 4.98 Å². The van der Waals surface area contributed by atoms with E-state index in [-0.39, 0.29) is 6.61 Å². The summed E-state index contributed by atoms with van der Waals surface area (Å²) in [5.41, 5.74) is 3.29. The summed E-state index contributed by atoms with van der Waals surface area (Å²) >= 11 is 0. The Morgan fingerprint density at radius 2 is 1.92 bits per heavy atom. The van der Waals surface area contributed by atoms with Gasteiger partial charge in [0, 0.05) is 5.69 Å². The molecular weight excluding hydrogens is 320 g/mol. The highest BCUT2D eigenvalue weighted by Gasteiger charge is 2.12. The Balaban J connectivity index is 1.55. The molecule has 2 aromatic carbocycles. The van der Waals surface area contributed by atoms with Crippen LogP contribution in [0.5, 0.6) is 0 Å². The van der Waals surface area contributed by atoms with Crippen molar-refractivity contribution in [3.8, 4) is 0 Å². The number of aromatic nitrogens is 1. The molecule has 3 aromatic rings. The van der Waals surface area contributed by atoms with Crippen LogP contribution in [0.15, 0.2) is 53.3 Å². The van der Waals surface area contributed by atoms with Crippen LogP contribution in [-0.2, 0) is 9.53 Å². The van der Waals surface area contributed by atoms with Gasteiger partial charge in [0.25, 0.3) is 5.91 Å². The second-order valence-electron chi connectivity index (χ2n) is 5.94. The third-order valence-electron chi connectivity index (χ3n) is 3.76. The first-order chi connectivity index (χ1) is 12.0. The molecule has 0 fully saturated rings. The number of fused-ring (bicyclic) bond motifs is 1. The van der Waals surface area contributed by atoms with Crippen LogP contribution in [0.4, 0.5) is 5.69 Å². The van der Waals surface area contributed by atoms with Gasteiger partial charge in [0.1, 0.15) is 5.52 Å². The molecule has 3 rings (SSSR count). The van der Waals surface area contributed by atoms with Crippen molar-refractivity contribution in [2.24, 2.45) is 0 Å². The molecule has 6 nitrogen and oxygen atoms in total. The molecule has 1 heterocycles. The highest BCUT2D eigenvalue weighted by Crippen LogP contribution is 2.17. The van der Waals surface area contributed by atoms with Crippen molar-refractivity contribution < 1.29 is 18.7 Å². The monoisotopic (exact) mass is 338 g/mol. The number of nitrogens with one attached hydrogen (secondary N) is 1. The molecule has 0 saturated heterocycles. The van der Waals surface area contributed by atoms with E-state index in [4.69, 9.17) is 9.15 Å². The van der Waals surface area contributed by atoms with Gasteiger partial charge >= 0.3 is 5.97 Å². The molecule has 0 aliphatic rings. The van der Waals surface area contributed by atoms with Crippen LogP contribution in [0.25, 0.3) is 11.1 Å². The molecule has 0 saturated carbocycles. The Kier molecular flexibility index (Phi) is 4.79. The molecule has 6 heteroatoms. The zero-order valence-corrected chi connectivity index (χ0v) is 14.0. The van der Waals surface area contributed by atoms with Crippen molar-refractivity contribution in [1.29, 1.82) is 0 Å². The van der Waals surface area contributed by atoms with E-state index in [9.17, 15) is 9.59 Å². The molecule has 0 unspecified atom stereocenters. The minimum Gasteiger partial charge on any atom is -0.452 e. The maximum atomic E-state index is 12.0. The number of esters is 1. The van der Waals surface area contributed by atoms with E-state index in [1.807, 2.05) is 24.3 Å². The summed E-state index contributed by atoms with van der Waals surface area (Å²) in [6.07, 6.45) is 1.30. The van der Waals surface area contributed by atoms with Gasteiger partial charge in [0.05, 0.1) is 5.56 Å². The van der Waals surface area contributed by atoms with Gasteiger partial charge in [0.15, 0.2) is 18.6 Å². The number of oxazole rings is 1. The molecule has 1 amide bonds. The normalized spacial score (nSPS) is 10.8. The molecule has 0 radical (unpaired) electrons. The fraction of sp³-hybridized carbons (Fsp3) is 0.211. The molecule has 128 valence electrons. The van der Waals surface area contributed by atoms with E-state index < -0.39 is 11.9 Å². The Morgan fingerprint density at radius 3 is 2.64 bits per heavy atom. The van der Waals surface area contributed by atoms with Gasteiger partial charge in [-0.15, -0.1) is 0 Å². The van der Waals surface area contributed by atoms with Gasteiger partial charge < -0.3 is 14.5 Å². The zero-order valence-electron chi connectivity index (χ0n) is 14.0. The first kappa shape index (κ1) is 16.7. The minimum absolute atomic E-state index is 0.304. The average molecular weight is 338 g/mol. The number of benzene rings is 2. The summed E-state index contributed by atoms with van der Waals surface area (Å²) in [4.78, 5) is 27.9. The lowest BCUT2D eigenvalue weighted by molar-refractivity contribution is -0.119. The van der Waals surface area contributed by atoms with Gasteiger partial charge in [-0.25, -0.2) is 9.78 Å². The van der Waals surface area contributed by atoms with E-state index in [2.05, 4.69) is 24.1 Å². The predicted octanol–water partition coefficient (Wildman–Crippen LogP) is 3.75. The van der Waals surface area contributed by atoms with Crippen LogP contribution in [-0.4, -0.2) is 23.5 Å². The third kappa shape index (κ3) is 4.03. The van der Waals surface area contributed by atoms with Crippen molar-refractivity contribution >= 4 is 28.7 Å². The summed E-state index contributed by atoms with van der Waals surface area (Å²) < 4.78 is 10.2. The highest BCUT2D eigenvalue weighted by molar-refractivity contribution is 5.96. The van der Waals surface area contributed by atoms with E-state index in [0.717, 1.165) is 0 Å². The summed E-state index contributed by atoms with van der Waals surface area (Å²) in [5, 5.41) is 2.70. The van der Waals surface area contributed by atoms with E-state index >= 15 is 0 Å². The molecule has 0 spiro atoms. The largest absolute Gasteiger partial charge is 0.452 e. The van der Waals surface area contributed by atoms with Crippen LogP contribution in [0.1, 0.15) is 35.7 Å². The lowest BCUT2D eigenvalue weighted by Gasteiger charge is -2.09. The number of carbonyl (C=O) groups excluding carboxylic acids is 2. The fourth-order valence-corrected chi connectivity index (χ4v) is 2.34. The third-order valence-corrected chi connectivity index (χ3v) is 3.76. The average Bonchev–Trinajstić information content (AvgIpc) is 3.07. The molecule has 0 atom stereocenters. The topological polar surface area (TPSA) is 81.4 Å². The summed E-state index contributed by atoms with van der Waals surface area (Å²) in [7, 11) is 0. The van der Waals surface area contributed by atoms with Gasteiger partial charge in [-0.05, 0) is 41.8 Å². The number of amides is 1. The lowest BCUT2D eigenvalue weighted by Crippen LogP contribution is -2.20. The first-order valence-corrected chi connectivity index (χ1v) is 7.93. The van der Waals surface area contributed by atoms with Gasteiger partial charge in [0.2, 0.25) is 0 Å². The van der Waals surface area contributed by atoms with Crippen LogP contribution >= 0.6 is 0 Å². The first-order valence-electron chi connectivity index (χ1n) is 7.93. The van der Waals surface area contributed by atoms with E-state index in [0.29, 0.717) is 28.3 Å². The van der Waals surface area contributed by atoms with E-state index in [1.165, 1.54) is 18.0 Å². The standard InChI is InChI=1S/C19H18N2O4/c1-12(2)13-3-6-15(7-4-13)21-18(22)10-24-19(23)14-5-8-16-17(9-14)25-11-20-16/h3-9,11-12H,10H2,1-2H3,(H,21,22). The van der Waals surface area contributed by atoms with Crippen molar-refractivity contribution in [3.63, 3.8) is 0 Å². The predicted molar refractivity (Wildman–Crippen MR) is 93.5 cm³/mol. The molecule has 1 aromatic heterocycles. The lowest BCUT2D eigenvalue weighted by atomic mass is 10.0. The number of ether oxygens (including phenoxy) is 1. The van der Waals surface area contributed by atoms with Gasteiger partial charge in [-0.2, -0.15) is 0 Å². The van der Waals surface area contributed by atoms with Crippen LogP contribution < -0.4 is 5.32 Å². The molecule has 0 bridgehead atoms. The number of hydrogen-bond acceptors (Lipinski definition) is 5. The smallest absolute Gasteiger partial charge is 0.338 e. The van der Waals surface area contributed by atoms with Crippen molar-refractivity contribution in [2.75, 3.05) is 11.9 Å². The SMILES string of the molecule is CC(C)c1ccc(NC(=O)COC(=O)c2ccc3ncoc3c2)cc1. The second kappa shape index (κ2) is 7.17. The Bertz CT molecular complexity index is 897. The zero-order chi connectivity index (χ0) is 17.8. The van der Waals surface area contributed by atoms with Crippen LogP contribution in [0.3, 0.4) is 0 Å². The maximum Gasteiger partial charge on any atom is 0.338 e. The molecule has 0 aliphatic carbocycles. The summed E-state index contributed by atoms with van der Waals surface area (Å²) in [5.74, 6) is -0.567.